The van der Waals surface area contributed by atoms with E-state index in [1.54, 1.807) is 0 Å². The van der Waals surface area contributed by atoms with Crippen LogP contribution in [0, 0.1) is 0 Å². The normalized spacial score (nSPS) is 22.8. The van der Waals surface area contributed by atoms with Crippen LogP contribution in [-0.4, -0.2) is 61.3 Å². The van der Waals surface area contributed by atoms with Crippen molar-refractivity contribution in [3.63, 3.8) is 0 Å². The summed E-state index contributed by atoms with van der Waals surface area (Å²) in [5.74, 6) is 0. The molecule has 1 aliphatic rings. The van der Waals surface area contributed by atoms with Gasteiger partial charge in [0.1, 0.15) is 0 Å². The molecule has 90 valence electrons. The van der Waals surface area contributed by atoms with Crippen LogP contribution in [0.25, 0.3) is 0 Å². The summed E-state index contributed by atoms with van der Waals surface area (Å²) in [6.45, 7) is 4.11. The van der Waals surface area contributed by atoms with Gasteiger partial charge in [0.15, 0.2) is 0 Å². The van der Waals surface area contributed by atoms with Crippen molar-refractivity contribution in [3.05, 3.63) is 0 Å². The van der Waals surface area contributed by atoms with E-state index in [-0.39, 0.29) is 0 Å². The van der Waals surface area contributed by atoms with Crippen LogP contribution < -0.4 is 0 Å². The molecule has 0 aromatic rings. The predicted octanol–water partition coefficient (Wildman–Crippen LogP) is 1.17. The van der Waals surface area contributed by atoms with E-state index in [1.807, 2.05) is 0 Å². The molecule has 1 aliphatic heterocycles. The van der Waals surface area contributed by atoms with Gasteiger partial charge in [-0.2, -0.15) is 0 Å². The maximum absolute atomic E-state index is 8.66. The molecule has 1 saturated heterocycles. The lowest BCUT2D eigenvalue weighted by Gasteiger charge is -2.20. The van der Waals surface area contributed by atoms with Gasteiger partial charge in [0.25, 0.3) is 0 Å². The van der Waals surface area contributed by atoms with E-state index in [2.05, 4.69) is 23.9 Å². The number of unbranched alkanes of at least 4 members (excludes halogenated alkanes) is 3. The van der Waals surface area contributed by atoms with Gasteiger partial charge in [-0.3, -0.25) is 0 Å². The number of aliphatic hydroxyl groups excluding tert-OH is 1. The number of nitrogens with zero attached hydrogens (tertiary/aromatic N) is 2. The number of hydrogen-bond acceptors (Lipinski definition) is 3. The second-order valence-corrected chi connectivity index (χ2v) is 4.84. The Bertz CT molecular complexity index is 162. The molecule has 1 heterocycles. The highest BCUT2D eigenvalue weighted by atomic mass is 16.2. The van der Waals surface area contributed by atoms with Gasteiger partial charge in [-0.05, 0) is 46.4 Å². The lowest BCUT2D eigenvalue weighted by Crippen LogP contribution is -2.31. The highest BCUT2D eigenvalue weighted by molar-refractivity contribution is 4.80. The molecule has 0 bridgehead atoms. The lowest BCUT2D eigenvalue weighted by molar-refractivity contribution is 0.261. The van der Waals surface area contributed by atoms with Gasteiger partial charge in [-0.25, -0.2) is 0 Å². The van der Waals surface area contributed by atoms with Crippen molar-refractivity contribution in [1.82, 2.24) is 9.80 Å². The topological polar surface area (TPSA) is 26.7 Å². The average molecular weight is 214 g/mol. The Morgan fingerprint density at radius 1 is 1.20 bits per heavy atom. The summed E-state index contributed by atoms with van der Waals surface area (Å²) in [4.78, 5) is 4.91. The molecule has 0 spiro atoms. The SMILES string of the molecule is CN(C)C1CCN(CCCCCCO)C1. The zero-order valence-electron chi connectivity index (χ0n) is 10.3. The molecule has 0 aliphatic carbocycles. The minimum atomic E-state index is 0.354. The van der Waals surface area contributed by atoms with Crippen molar-refractivity contribution < 1.29 is 5.11 Å². The van der Waals surface area contributed by atoms with Crippen molar-refractivity contribution in [2.75, 3.05) is 40.3 Å². The van der Waals surface area contributed by atoms with Crippen molar-refractivity contribution in [2.24, 2.45) is 0 Å². The number of aliphatic hydroxyl groups is 1. The molecule has 1 fully saturated rings. The molecule has 0 aromatic heterocycles. The van der Waals surface area contributed by atoms with E-state index < -0.39 is 0 Å². The van der Waals surface area contributed by atoms with Crippen LogP contribution in [-0.2, 0) is 0 Å². The monoisotopic (exact) mass is 214 g/mol. The third kappa shape index (κ3) is 4.96. The quantitative estimate of drug-likeness (QED) is 0.645. The van der Waals surface area contributed by atoms with Crippen LogP contribution >= 0.6 is 0 Å². The minimum absolute atomic E-state index is 0.354. The summed E-state index contributed by atoms with van der Waals surface area (Å²) >= 11 is 0. The molecule has 1 N–H and O–H groups in total. The molecule has 1 unspecified atom stereocenters. The Kier molecular flexibility index (Phi) is 6.22. The standard InChI is InChI=1S/C12H26N2O/c1-13(2)12-7-9-14(11-12)8-5-3-4-6-10-15/h12,15H,3-11H2,1-2H3. The van der Waals surface area contributed by atoms with Crippen molar-refractivity contribution >= 4 is 0 Å². The summed E-state index contributed by atoms with van der Waals surface area (Å²) in [5, 5.41) is 8.66. The van der Waals surface area contributed by atoms with Crippen molar-refractivity contribution in [2.45, 2.75) is 38.1 Å². The fourth-order valence-corrected chi connectivity index (χ4v) is 2.24. The van der Waals surface area contributed by atoms with Crippen LogP contribution in [0.15, 0.2) is 0 Å². The molecule has 15 heavy (non-hydrogen) atoms. The van der Waals surface area contributed by atoms with Gasteiger partial charge < -0.3 is 14.9 Å². The first-order valence-corrected chi connectivity index (χ1v) is 6.23. The molecule has 0 aromatic carbocycles. The highest BCUT2D eigenvalue weighted by Crippen LogP contribution is 2.14. The van der Waals surface area contributed by atoms with Gasteiger partial charge in [0.2, 0.25) is 0 Å². The number of likely N-dealkylation sites (N-methyl/N-ethyl adjacent to an activating group) is 1. The van der Waals surface area contributed by atoms with E-state index in [1.165, 1.54) is 45.3 Å². The fourth-order valence-electron chi connectivity index (χ4n) is 2.24. The summed E-state index contributed by atoms with van der Waals surface area (Å²) < 4.78 is 0. The van der Waals surface area contributed by atoms with E-state index >= 15 is 0 Å². The molecular formula is C12H26N2O. The van der Waals surface area contributed by atoms with Crippen LogP contribution in [0.1, 0.15) is 32.1 Å². The van der Waals surface area contributed by atoms with Gasteiger partial charge in [0, 0.05) is 19.2 Å². The summed E-state index contributed by atoms with van der Waals surface area (Å²) in [5.41, 5.74) is 0. The lowest BCUT2D eigenvalue weighted by atomic mass is 10.2. The molecule has 3 nitrogen and oxygen atoms in total. The van der Waals surface area contributed by atoms with Gasteiger partial charge >= 0.3 is 0 Å². The highest BCUT2D eigenvalue weighted by Gasteiger charge is 2.22. The Hall–Kier alpha value is -0.120. The molecule has 0 saturated carbocycles. The molecule has 1 rings (SSSR count). The number of rotatable bonds is 7. The predicted molar refractivity (Wildman–Crippen MR) is 64.1 cm³/mol. The number of hydrogen-bond donors (Lipinski definition) is 1. The van der Waals surface area contributed by atoms with Crippen molar-refractivity contribution in [1.29, 1.82) is 0 Å². The zero-order chi connectivity index (χ0) is 11.1. The van der Waals surface area contributed by atoms with Crippen LogP contribution in [0.4, 0.5) is 0 Å². The first-order chi connectivity index (χ1) is 7.24. The third-order valence-corrected chi connectivity index (χ3v) is 3.36. The molecule has 3 heteroatoms. The summed E-state index contributed by atoms with van der Waals surface area (Å²) in [6.07, 6.45) is 6.04. The van der Waals surface area contributed by atoms with E-state index in [0.717, 1.165) is 12.5 Å². The Balaban J connectivity index is 1.99. The maximum atomic E-state index is 8.66. The first-order valence-electron chi connectivity index (χ1n) is 6.23. The molecule has 0 radical (unpaired) electrons. The van der Waals surface area contributed by atoms with Crippen LogP contribution in [0.5, 0.6) is 0 Å². The zero-order valence-corrected chi connectivity index (χ0v) is 10.3. The average Bonchev–Trinajstić information content (AvgIpc) is 2.66. The van der Waals surface area contributed by atoms with Gasteiger partial charge in [0.05, 0.1) is 0 Å². The Labute approximate surface area is 94.1 Å². The van der Waals surface area contributed by atoms with Crippen LogP contribution in [0.3, 0.4) is 0 Å². The minimum Gasteiger partial charge on any atom is -0.396 e. The smallest absolute Gasteiger partial charge is 0.0431 e. The second-order valence-electron chi connectivity index (χ2n) is 4.84. The third-order valence-electron chi connectivity index (χ3n) is 3.36. The Morgan fingerprint density at radius 2 is 1.93 bits per heavy atom. The van der Waals surface area contributed by atoms with E-state index in [0.29, 0.717) is 6.61 Å². The molecule has 1 atom stereocenters. The van der Waals surface area contributed by atoms with Crippen molar-refractivity contribution in [3.8, 4) is 0 Å². The molecular weight excluding hydrogens is 188 g/mol. The van der Waals surface area contributed by atoms with E-state index in [4.69, 9.17) is 5.11 Å². The number of likely N-dealkylation sites (tertiary alicyclic amines) is 1. The van der Waals surface area contributed by atoms with E-state index in [9.17, 15) is 0 Å². The summed E-state index contributed by atoms with van der Waals surface area (Å²) in [6, 6.07) is 0.766. The van der Waals surface area contributed by atoms with Gasteiger partial charge in [-0.15, -0.1) is 0 Å². The van der Waals surface area contributed by atoms with Gasteiger partial charge in [-0.1, -0.05) is 12.8 Å². The maximum Gasteiger partial charge on any atom is 0.0431 e. The van der Waals surface area contributed by atoms with Crippen LogP contribution in [0.2, 0.25) is 0 Å². The Morgan fingerprint density at radius 3 is 2.53 bits per heavy atom. The summed E-state index contributed by atoms with van der Waals surface area (Å²) in [7, 11) is 4.35. The second kappa shape index (κ2) is 7.20. The first kappa shape index (κ1) is 12.9. The molecule has 0 amide bonds. The largest absolute Gasteiger partial charge is 0.396 e. The fraction of sp³-hybridized carbons (Fsp3) is 1.00.